The Kier molecular flexibility index (Phi) is 5.71. The predicted octanol–water partition coefficient (Wildman–Crippen LogP) is 2.81. The van der Waals surface area contributed by atoms with Crippen molar-refractivity contribution in [3.8, 4) is 0 Å². The first kappa shape index (κ1) is 20.3. The quantitative estimate of drug-likeness (QED) is 0.829. The van der Waals surface area contributed by atoms with Crippen LogP contribution in [0.25, 0.3) is 0 Å². The van der Waals surface area contributed by atoms with Crippen molar-refractivity contribution in [3.63, 3.8) is 0 Å². The van der Waals surface area contributed by atoms with Gasteiger partial charge in [0.25, 0.3) is 10.0 Å². The fourth-order valence-electron chi connectivity index (χ4n) is 3.11. The molecule has 0 aromatic heterocycles. The van der Waals surface area contributed by atoms with Crippen LogP contribution >= 0.6 is 0 Å². The van der Waals surface area contributed by atoms with Gasteiger partial charge in [-0.25, -0.2) is 12.8 Å². The molecule has 3 rings (SSSR count). The molecule has 0 aliphatic carbocycles. The molecule has 2 aromatic carbocycles. The summed E-state index contributed by atoms with van der Waals surface area (Å²) in [5.41, 5.74) is 0.810. The molecule has 0 radical (unpaired) electrons. The number of benzene rings is 2. The maximum absolute atomic E-state index is 13.0. The van der Waals surface area contributed by atoms with E-state index in [9.17, 15) is 17.6 Å². The van der Waals surface area contributed by atoms with E-state index in [0.29, 0.717) is 25.4 Å². The molecule has 0 spiro atoms. The molecular weight excluding hydrogens is 383 g/mol. The molecule has 1 N–H and O–H groups in total. The maximum Gasteiger partial charge on any atom is 0.261 e. The van der Waals surface area contributed by atoms with Gasteiger partial charge in [-0.1, -0.05) is 12.1 Å². The van der Waals surface area contributed by atoms with Gasteiger partial charge in [-0.15, -0.1) is 0 Å². The third-order valence-corrected chi connectivity index (χ3v) is 6.03. The van der Waals surface area contributed by atoms with E-state index in [4.69, 9.17) is 4.74 Å². The van der Waals surface area contributed by atoms with Crippen LogP contribution in [0.4, 0.5) is 10.1 Å². The lowest BCUT2D eigenvalue weighted by Crippen LogP contribution is -2.55. The normalized spacial score (nSPS) is 16.6. The summed E-state index contributed by atoms with van der Waals surface area (Å²) in [5.74, 6) is -0.496. The number of hydrogen-bond acceptors (Lipinski definition) is 4. The number of carbonyl (C=O) groups excluding carboxylic acids is 1. The summed E-state index contributed by atoms with van der Waals surface area (Å²) in [5, 5.41) is 0. The Labute approximate surface area is 164 Å². The van der Waals surface area contributed by atoms with Crippen LogP contribution in [-0.2, 0) is 26.0 Å². The SMILES string of the molecule is CC1(C)COCCN1C(=O)Cc1ccc(NS(=O)(=O)c2ccc(F)cc2)cc1. The smallest absolute Gasteiger partial charge is 0.261 e. The number of hydrogen-bond donors (Lipinski definition) is 1. The van der Waals surface area contributed by atoms with Crippen molar-refractivity contribution in [1.29, 1.82) is 0 Å². The van der Waals surface area contributed by atoms with Gasteiger partial charge in [-0.05, 0) is 55.8 Å². The molecule has 150 valence electrons. The Morgan fingerprint density at radius 1 is 1.14 bits per heavy atom. The number of halogens is 1. The van der Waals surface area contributed by atoms with E-state index in [1.54, 1.807) is 24.3 Å². The third-order valence-electron chi connectivity index (χ3n) is 4.63. The first-order chi connectivity index (χ1) is 13.2. The molecule has 2 aromatic rings. The lowest BCUT2D eigenvalue weighted by molar-refractivity contribution is -0.145. The Morgan fingerprint density at radius 3 is 2.39 bits per heavy atom. The maximum atomic E-state index is 13.0. The van der Waals surface area contributed by atoms with Gasteiger partial charge in [0, 0.05) is 12.2 Å². The summed E-state index contributed by atoms with van der Waals surface area (Å²) in [6.45, 7) is 5.53. The van der Waals surface area contributed by atoms with E-state index in [1.165, 1.54) is 12.1 Å². The zero-order valence-electron chi connectivity index (χ0n) is 15.8. The van der Waals surface area contributed by atoms with Gasteiger partial charge in [-0.3, -0.25) is 9.52 Å². The molecule has 1 aliphatic rings. The highest BCUT2D eigenvalue weighted by Gasteiger charge is 2.33. The van der Waals surface area contributed by atoms with Gasteiger partial charge in [0.1, 0.15) is 5.82 Å². The molecule has 0 atom stereocenters. The highest BCUT2D eigenvalue weighted by Crippen LogP contribution is 2.21. The molecular formula is C20H23FN2O4S. The summed E-state index contributed by atoms with van der Waals surface area (Å²) in [6.07, 6.45) is 0.231. The van der Waals surface area contributed by atoms with Gasteiger partial charge < -0.3 is 9.64 Å². The van der Waals surface area contributed by atoms with Crippen LogP contribution in [0, 0.1) is 5.82 Å². The molecule has 0 saturated carbocycles. The topological polar surface area (TPSA) is 75.7 Å². The Hall–Kier alpha value is -2.45. The first-order valence-corrected chi connectivity index (χ1v) is 10.4. The van der Waals surface area contributed by atoms with Crippen molar-refractivity contribution in [2.24, 2.45) is 0 Å². The van der Waals surface area contributed by atoms with E-state index in [-0.39, 0.29) is 22.8 Å². The molecule has 1 aliphatic heterocycles. The Morgan fingerprint density at radius 2 is 1.79 bits per heavy atom. The van der Waals surface area contributed by atoms with Crippen molar-refractivity contribution in [2.45, 2.75) is 30.7 Å². The average Bonchev–Trinajstić information content (AvgIpc) is 2.63. The molecule has 8 heteroatoms. The van der Waals surface area contributed by atoms with Crippen molar-refractivity contribution in [1.82, 2.24) is 4.90 Å². The number of amides is 1. The highest BCUT2D eigenvalue weighted by molar-refractivity contribution is 7.92. The lowest BCUT2D eigenvalue weighted by Gasteiger charge is -2.42. The summed E-state index contributed by atoms with van der Waals surface area (Å²) in [7, 11) is -3.80. The van der Waals surface area contributed by atoms with Crippen molar-refractivity contribution in [3.05, 3.63) is 59.9 Å². The van der Waals surface area contributed by atoms with E-state index in [0.717, 1.165) is 17.7 Å². The van der Waals surface area contributed by atoms with Crippen molar-refractivity contribution in [2.75, 3.05) is 24.5 Å². The third kappa shape index (κ3) is 4.69. The molecule has 1 heterocycles. The summed E-state index contributed by atoms with van der Waals surface area (Å²) < 4.78 is 45.6. The fourth-order valence-corrected chi connectivity index (χ4v) is 4.17. The van der Waals surface area contributed by atoms with Gasteiger partial charge in [0.05, 0.1) is 30.1 Å². The largest absolute Gasteiger partial charge is 0.377 e. The summed E-state index contributed by atoms with van der Waals surface area (Å²) in [4.78, 5) is 14.4. The van der Waals surface area contributed by atoms with E-state index < -0.39 is 15.8 Å². The molecule has 6 nitrogen and oxygen atoms in total. The second kappa shape index (κ2) is 7.89. The minimum absolute atomic E-state index is 0.00735. The highest BCUT2D eigenvalue weighted by atomic mass is 32.2. The number of nitrogens with one attached hydrogen (secondary N) is 1. The molecule has 28 heavy (non-hydrogen) atoms. The van der Waals surface area contributed by atoms with E-state index in [2.05, 4.69) is 4.72 Å². The second-order valence-corrected chi connectivity index (χ2v) is 9.03. The number of morpholine rings is 1. The van der Waals surface area contributed by atoms with Gasteiger partial charge in [0.2, 0.25) is 5.91 Å². The molecule has 0 unspecified atom stereocenters. The minimum Gasteiger partial charge on any atom is -0.377 e. The van der Waals surface area contributed by atoms with Gasteiger partial charge >= 0.3 is 0 Å². The molecule has 1 amide bonds. The number of ether oxygens (including phenoxy) is 1. The lowest BCUT2D eigenvalue weighted by atomic mass is 10.0. The van der Waals surface area contributed by atoms with Gasteiger partial charge in [0.15, 0.2) is 0 Å². The van der Waals surface area contributed by atoms with Crippen LogP contribution in [-0.4, -0.2) is 44.5 Å². The van der Waals surface area contributed by atoms with E-state index >= 15 is 0 Å². The van der Waals surface area contributed by atoms with Crippen LogP contribution in [0.5, 0.6) is 0 Å². The van der Waals surface area contributed by atoms with Gasteiger partial charge in [-0.2, -0.15) is 0 Å². The molecule has 1 fully saturated rings. The Balaban J connectivity index is 1.66. The van der Waals surface area contributed by atoms with Crippen LogP contribution < -0.4 is 4.72 Å². The zero-order valence-corrected chi connectivity index (χ0v) is 16.6. The summed E-state index contributed by atoms with van der Waals surface area (Å²) in [6, 6.07) is 11.2. The minimum atomic E-state index is -3.80. The number of rotatable bonds is 5. The first-order valence-electron chi connectivity index (χ1n) is 8.93. The van der Waals surface area contributed by atoms with Crippen molar-refractivity contribution >= 4 is 21.6 Å². The van der Waals surface area contributed by atoms with Crippen LogP contribution in [0.15, 0.2) is 53.4 Å². The van der Waals surface area contributed by atoms with Crippen LogP contribution in [0.2, 0.25) is 0 Å². The molecule has 0 bridgehead atoms. The standard InChI is InChI=1S/C20H23FN2O4S/c1-20(2)14-27-12-11-23(20)19(24)13-15-3-7-17(8-4-15)22-28(25,26)18-9-5-16(21)6-10-18/h3-10,22H,11-14H2,1-2H3. The van der Waals surface area contributed by atoms with Crippen LogP contribution in [0.1, 0.15) is 19.4 Å². The number of sulfonamides is 1. The number of carbonyl (C=O) groups is 1. The number of nitrogens with zero attached hydrogens (tertiary/aromatic N) is 1. The predicted molar refractivity (Wildman–Crippen MR) is 104 cm³/mol. The average molecular weight is 406 g/mol. The molecule has 1 saturated heterocycles. The zero-order chi connectivity index (χ0) is 20.4. The van der Waals surface area contributed by atoms with E-state index in [1.807, 2.05) is 18.7 Å². The monoisotopic (exact) mass is 406 g/mol. The Bertz CT molecular complexity index is 941. The fraction of sp³-hybridized carbons (Fsp3) is 0.350. The van der Waals surface area contributed by atoms with Crippen molar-refractivity contribution < 1.29 is 22.3 Å². The summed E-state index contributed by atoms with van der Waals surface area (Å²) >= 11 is 0. The second-order valence-electron chi connectivity index (χ2n) is 7.34. The number of anilines is 1. The van der Waals surface area contributed by atoms with Crippen LogP contribution in [0.3, 0.4) is 0 Å².